The number of ether oxygens (including phenoxy) is 1. The lowest BCUT2D eigenvalue weighted by Crippen LogP contribution is -2.63. The third kappa shape index (κ3) is 3.18. The van der Waals surface area contributed by atoms with E-state index >= 15 is 0 Å². The Kier molecular flexibility index (Phi) is 4.40. The van der Waals surface area contributed by atoms with Gasteiger partial charge in [-0.3, -0.25) is 9.69 Å². The van der Waals surface area contributed by atoms with E-state index in [1.807, 2.05) is 0 Å². The fourth-order valence-corrected chi connectivity index (χ4v) is 3.97. The maximum Gasteiger partial charge on any atom is 0.414 e. The summed E-state index contributed by atoms with van der Waals surface area (Å²) in [5, 5.41) is 5.87. The first-order valence-electron chi connectivity index (χ1n) is 9.03. The van der Waals surface area contributed by atoms with Gasteiger partial charge in [-0.1, -0.05) is 18.9 Å². The Hall–Kier alpha value is -2.77. The number of urea groups is 1. The molecule has 1 aromatic carbocycles. The average Bonchev–Trinajstić information content (AvgIpc) is 3.07. The number of anilines is 2. The van der Waals surface area contributed by atoms with Crippen LogP contribution < -0.4 is 15.5 Å². The predicted molar refractivity (Wildman–Crippen MR) is 95.0 cm³/mol. The van der Waals surface area contributed by atoms with Crippen molar-refractivity contribution < 1.29 is 19.1 Å². The SMILES string of the molecule is O=C1CN(C(=O)Nc2cccc(N3CCOC3=O)c2)[C@@H]2CCCC[C@@H]2N1. The van der Waals surface area contributed by atoms with E-state index in [1.54, 1.807) is 29.2 Å². The highest BCUT2D eigenvalue weighted by Crippen LogP contribution is 2.27. The number of carbonyl (C=O) groups excluding carboxylic acids is 3. The molecule has 2 atom stereocenters. The quantitative estimate of drug-likeness (QED) is 0.845. The molecule has 1 saturated carbocycles. The number of piperazine rings is 1. The van der Waals surface area contributed by atoms with Crippen LogP contribution in [-0.4, -0.2) is 54.7 Å². The van der Waals surface area contributed by atoms with E-state index in [4.69, 9.17) is 4.74 Å². The van der Waals surface area contributed by atoms with Gasteiger partial charge in [0.25, 0.3) is 0 Å². The number of carbonyl (C=O) groups is 3. The molecule has 2 aliphatic heterocycles. The summed E-state index contributed by atoms with van der Waals surface area (Å²) < 4.78 is 4.95. The molecule has 4 rings (SSSR count). The lowest BCUT2D eigenvalue weighted by molar-refractivity contribution is -0.126. The summed E-state index contributed by atoms with van der Waals surface area (Å²) >= 11 is 0. The first kappa shape index (κ1) is 16.7. The van der Waals surface area contributed by atoms with Crippen molar-refractivity contribution in [2.75, 3.05) is 29.9 Å². The number of nitrogens with zero attached hydrogens (tertiary/aromatic N) is 2. The summed E-state index contributed by atoms with van der Waals surface area (Å²) in [6.45, 7) is 0.929. The van der Waals surface area contributed by atoms with Crippen molar-refractivity contribution in [2.45, 2.75) is 37.8 Å². The van der Waals surface area contributed by atoms with Gasteiger partial charge in [-0.15, -0.1) is 0 Å². The monoisotopic (exact) mass is 358 g/mol. The Labute approximate surface area is 151 Å². The first-order valence-corrected chi connectivity index (χ1v) is 9.03. The number of benzene rings is 1. The first-order chi connectivity index (χ1) is 12.6. The van der Waals surface area contributed by atoms with Crippen LogP contribution in [0.5, 0.6) is 0 Å². The van der Waals surface area contributed by atoms with E-state index in [-0.39, 0.29) is 36.7 Å². The number of rotatable bonds is 2. The van der Waals surface area contributed by atoms with Crippen LogP contribution in [0.15, 0.2) is 24.3 Å². The van der Waals surface area contributed by atoms with Gasteiger partial charge in [0.15, 0.2) is 0 Å². The maximum atomic E-state index is 12.8. The molecule has 0 bridgehead atoms. The van der Waals surface area contributed by atoms with E-state index in [1.165, 1.54) is 4.90 Å². The van der Waals surface area contributed by atoms with Gasteiger partial charge < -0.3 is 20.3 Å². The van der Waals surface area contributed by atoms with Gasteiger partial charge in [-0.25, -0.2) is 9.59 Å². The molecule has 1 aromatic rings. The molecule has 8 nitrogen and oxygen atoms in total. The Balaban J connectivity index is 1.49. The molecule has 2 N–H and O–H groups in total. The number of fused-ring (bicyclic) bond motifs is 1. The zero-order chi connectivity index (χ0) is 18.1. The fourth-order valence-electron chi connectivity index (χ4n) is 3.97. The molecular formula is C18H22N4O4. The van der Waals surface area contributed by atoms with Crippen LogP contribution in [0.2, 0.25) is 0 Å². The second kappa shape index (κ2) is 6.86. The molecule has 138 valence electrons. The number of hydrogen-bond donors (Lipinski definition) is 2. The smallest absolute Gasteiger partial charge is 0.414 e. The van der Waals surface area contributed by atoms with Crippen LogP contribution in [0.25, 0.3) is 0 Å². The molecule has 4 amide bonds. The van der Waals surface area contributed by atoms with Crippen molar-refractivity contribution in [1.29, 1.82) is 0 Å². The highest BCUT2D eigenvalue weighted by Gasteiger charge is 2.38. The largest absolute Gasteiger partial charge is 0.447 e. The van der Waals surface area contributed by atoms with Crippen molar-refractivity contribution in [3.63, 3.8) is 0 Å². The van der Waals surface area contributed by atoms with E-state index in [0.717, 1.165) is 25.7 Å². The zero-order valence-electron chi connectivity index (χ0n) is 14.4. The number of cyclic esters (lactones) is 1. The molecule has 2 saturated heterocycles. The lowest BCUT2D eigenvalue weighted by Gasteiger charge is -2.43. The average molecular weight is 358 g/mol. The second-order valence-corrected chi connectivity index (χ2v) is 6.90. The molecule has 26 heavy (non-hydrogen) atoms. The minimum absolute atomic E-state index is 0.0400. The van der Waals surface area contributed by atoms with Gasteiger partial charge >= 0.3 is 12.1 Å². The van der Waals surface area contributed by atoms with Gasteiger partial charge in [-0.2, -0.15) is 0 Å². The molecule has 0 spiro atoms. The van der Waals surface area contributed by atoms with Crippen molar-refractivity contribution in [1.82, 2.24) is 10.2 Å². The van der Waals surface area contributed by atoms with Crippen LogP contribution in [-0.2, 0) is 9.53 Å². The van der Waals surface area contributed by atoms with Gasteiger partial charge in [0.05, 0.1) is 12.6 Å². The summed E-state index contributed by atoms with van der Waals surface area (Å²) in [6, 6.07) is 6.90. The van der Waals surface area contributed by atoms with E-state index < -0.39 is 0 Å². The molecular weight excluding hydrogens is 336 g/mol. The summed E-state index contributed by atoms with van der Waals surface area (Å²) in [4.78, 5) is 39.6. The molecule has 1 aliphatic carbocycles. The molecule has 0 unspecified atom stereocenters. The molecule has 2 heterocycles. The predicted octanol–water partition coefficient (Wildman–Crippen LogP) is 1.92. The molecule has 8 heteroatoms. The van der Waals surface area contributed by atoms with Crippen LogP contribution >= 0.6 is 0 Å². The normalized spacial score (nSPS) is 25.4. The molecule has 0 radical (unpaired) electrons. The van der Waals surface area contributed by atoms with Crippen LogP contribution in [0, 0.1) is 0 Å². The van der Waals surface area contributed by atoms with Crippen molar-refractivity contribution in [3.05, 3.63) is 24.3 Å². The highest BCUT2D eigenvalue weighted by molar-refractivity contribution is 5.95. The number of nitrogens with one attached hydrogen (secondary N) is 2. The maximum absolute atomic E-state index is 12.8. The number of hydrogen-bond acceptors (Lipinski definition) is 4. The molecule has 3 aliphatic rings. The van der Waals surface area contributed by atoms with Gasteiger partial charge in [0, 0.05) is 17.4 Å². The number of amides is 4. The van der Waals surface area contributed by atoms with Crippen LogP contribution in [0.4, 0.5) is 21.0 Å². The Morgan fingerprint density at radius 3 is 2.88 bits per heavy atom. The van der Waals surface area contributed by atoms with Gasteiger partial charge in [0.1, 0.15) is 13.2 Å². The van der Waals surface area contributed by atoms with E-state index in [2.05, 4.69) is 10.6 Å². The minimum atomic E-state index is -0.383. The summed E-state index contributed by atoms with van der Waals surface area (Å²) in [6.07, 6.45) is 3.56. The Morgan fingerprint density at radius 1 is 1.23 bits per heavy atom. The summed E-state index contributed by atoms with van der Waals surface area (Å²) in [5.74, 6) is -0.114. The Bertz CT molecular complexity index is 738. The third-order valence-electron chi connectivity index (χ3n) is 5.22. The molecule has 3 fully saturated rings. The zero-order valence-corrected chi connectivity index (χ0v) is 14.4. The van der Waals surface area contributed by atoms with Gasteiger partial charge in [0.2, 0.25) is 5.91 Å². The van der Waals surface area contributed by atoms with Gasteiger partial charge in [-0.05, 0) is 31.0 Å². The standard InChI is InChI=1S/C18H22N4O4/c23-16-11-22(15-7-2-1-6-14(15)20-16)17(24)19-12-4-3-5-13(10-12)21-8-9-26-18(21)25/h3-5,10,14-15H,1-2,6-9,11H2,(H,19,24)(H,20,23)/t14-,15+/m0/s1. The van der Waals surface area contributed by atoms with Crippen LogP contribution in [0.1, 0.15) is 25.7 Å². The summed E-state index contributed by atoms with van der Waals surface area (Å²) in [5.41, 5.74) is 1.27. The van der Waals surface area contributed by atoms with Crippen molar-refractivity contribution in [2.24, 2.45) is 0 Å². The van der Waals surface area contributed by atoms with Crippen molar-refractivity contribution >= 4 is 29.4 Å². The Morgan fingerprint density at radius 2 is 2.08 bits per heavy atom. The third-order valence-corrected chi connectivity index (χ3v) is 5.22. The van der Waals surface area contributed by atoms with Crippen molar-refractivity contribution in [3.8, 4) is 0 Å². The molecule has 0 aromatic heterocycles. The summed E-state index contributed by atoms with van der Waals surface area (Å²) in [7, 11) is 0. The van der Waals surface area contributed by atoms with E-state index in [0.29, 0.717) is 24.5 Å². The lowest BCUT2D eigenvalue weighted by atomic mass is 9.87. The van der Waals surface area contributed by atoms with E-state index in [9.17, 15) is 14.4 Å². The highest BCUT2D eigenvalue weighted by atomic mass is 16.6. The second-order valence-electron chi connectivity index (χ2n) is 6.90. The fraction of sp³-hybridized carbons (Fsp3) is 0.500. The van der Waals surface area contributed by atoms with Crippen LogP contribution in [0.3, 0.4) is 0 Å². The minimum Gasteiger partial charge on any atom is -0.447 e. The topological polar surface area (TPSA) is 91.0 Å².